The van der Waals surface area contributed by atoms with Crippen LogP contribution in [0.25, 0.3) is 0 Å². The molecule has 0 aromatic rings. The maximum absolute atomic E-state index is 11.2. The molecular formula is C11H23NO3. The van der Waals surface area contributed by atoms with E-state index in [0.717, 1.165) is 13.0 Å². The van der Waals surface area contributed by atoms with E-state index >= 15 is 0 Å². The number of ether oxygens (including phenoxy) is 1. The second-order valence-corrected chi connectivity index (χ2v) is 3.98. The predicted octanol–water partition coefficient (Wildman–Crippen LogP) is 1.03. The van der Waals surface area contributed by atoms with Gasteiger partial charge in [-0.1, -0.05) is 0 Å². The monoisotopic (exact) mass is 217 g/mol. The molecule has 0 spiro atoms. The third kappa shape index (κ3) is 7.33. The first kappa shape index (κ1) is 14.4. The van der Waals surface area contributed by atoms with Crippen molar-refractivity contribution in [1.82, 2.24) is 4.90 Å². The summed E-state index contributed by atoms with van der Waals surface area (Å²) in [4.78, 5) is 13.3. The standard InChI is InChI=1S/C11H23NO3/c1-5-15-11(14)8-9(2)12(4)7-6-10(3)13/h9-10,13H,5-8H2,1-4H3. The number of esters is 1. The van der Waals surface area contributed by atoms with Crippen molar-refractivity contribution >= 4 is 5.97 Å². The Kier molecular flexibility index (Phi) is 7.34. The maximum Gasteiger partial charge on any atom is 0.307 e. The van der Waals surface area contributed by atoms with Crippen molar-refractivity contribution in [3.8, 4) is 0 Å². The Morgan fingerprint density at radius 3 is 2.53 bits per heavy atom. The van der Waals surface area contributed by atoms with E-state index in [0.29, 0.717) is 13.0 Å². The van der Waals surface area contributed by atoms with E-state index in [9.17, 15) is 4.79 Å². The summed E-state index contributed by atoms with van der Waals surface area (Å²) in [6.45, 7) is 6.78. The van der Waals surface area contributed by atoms with Crippen LogP contribution in [0.2, 0.25) is 0 Å². The molecule has 0 aliphatic heterocycles. The lowest BCUT2D eigenvalue weighted by Gasteiger charge is -2.24. The molecule has 0 aromatic heterocycles. The van der Waals surface area contributed by atoms with Crippen LogP contribution in [0.3, 0.4) is 0 Å². The highest BCUT2D eigenvalue weighted by Crippen LogP contribution is 2.04. The van der Waals surface area contributed by atoms with Crippen LogP contribution < -0.4 is 0 Å². The van der Waals surface area contributed by atoms with Gasteiger partial charge < -0.3 is 14.7 Å². The van der Waals surface area contributed by atoms with Crippen molar-refractivity contribution in [2.24, 2.45) is 0 Å². The Hall–Kier alpha value is -0.610. The fourth-order valence-electron chi connectivity index (χ4n) is 1.23. The fraction of sp³-hybridized carbons (Fsp3) is 0.909. The van der Waals surface area contributed by atoms with Gasteiger partial charge in [0.1, 0.15) is 0 Å². The molecule has 2 unspecified atom stereocenters. The average Bonchev–Trinajstić information content (AvgIpc) is 2.14. The molecule has 0 saturated carbocycles. The largest absolute Gasteiger partial charge is 0.466 e. The average molecular weight is 217 g/mol. The number of hydrogen-bond donors (Lipinski definition) is 1. The molecule has 0 bridgehead atoms. The van der Waals surface area contributed by atoms with E-state index in [1.807, 2.05) is 14.0 Å². The first-order valence-corrected chi connectivity index (χ1v) is 5.51. The third-order valence-corrected chi connectivity index (χ3v) is 2.42. The van der Waals surface area contributed by atoms with Gasteiger partial charge in [-0.25, -0.2) is 0 Å². The van der Waals surface area contributed by atoms with Crippen molar-refractivity contribution in [2.75, 3.05) is 20.2 Å². The molecule has 0 amide bonds. The van der Waals surface area contributed by atoms with Crippen LogP contribution in [-0.4, -0.2) is 48.3 Å². The molecule has 4 heteroatoms. The molecule has 1 N–H and O–H groups in total. The number of carbonyl (C=O) groups is 1. The minimum absolute atomic E-state index is 0.155. The van der Waals surface area contributed by atoms with Gasteiger partial charge in [-0.15, -0.1) is 0 Å². The lowest BCUT2D eigenvalue weighted by atomic mass is 10.2. The Balaban J connectivity index is 3.77. The van der Waals surface area contributed by atoms with Gasteiger partial charge in [0.15, 0.2) is 0 Å². The summed E-state index contributed by atoms with van der Waals surface area (Å²) in [5.41, 5.74) is 0. The molecule has 0 radical (unpaired) electrons. The number of carbonyl (C=O) groups excluding carboxylic acids is 1. The smallest absolute Gasteiger partial charge is 0.307 e. The van der Waals surface area contributed by atoms with Crippen LogP contribution in [0.1, 0.15) is 33.6 Å². The second kappa shape index (κ2) is 7.65. The van der Waals surface area contributed by atoms with Gasteiger partial charge in [0, 0.05) is 12.6 Å². The lowest BCUT2D eigenvalue weighted by Crippen LogP contribution is -2.33. The summed E-state index contributed by atoms with van der Waals surface area (Å²) in [5.74, 6) is -0.158. The Bertz CT molecular complexity index is 183. The van der Waals surface area contributed by atoms with E-state index in [-0.39, 0.29) is 18.1 Å². The van der Waals surface area contributed by atoms with E-state index < -0.39 is 0 Å². The van der Waals surface area contributed by atoms with Crippen molar-refractivity contribution in [1.29, 1.82) is 0 Å². The second-order valence-electron chi connectivity index (χ2n) is 3.98. The Morgan fingerprint density at radius 2 is 2.07 bits per heavy atom. The molecule has 90 valence electrons. The molecule has 0 rings (SSSR count). The number of aliphatic hydroxyl groups is 1. The summed E-state index contributed by atoms with van der Waals surface area (Å²) in [6, 6.07) is 0.155. The van der Waals surface area contributed by atoms with Gasteiger partial charge in [-0.2, -0.15) is 0 Å². The van der Waals surface area contributed by atoms with Crippen molar-refractivity contribution in [3.05, 3.63) is 0 Å². The lowest BCUT2D eigenvalue weighted by molar-refractivity contribution is -0.144. The fourth-order valence-corrected chi connectivity index (χ4v) is 1.23. The van der Waals surface area contributed by atoms with Gasteiger partial charge in [0.05, 0.1) is 19.1 Å². The summed E-state index contributed by atoms with van der Waals surface area (Å²) < 4.78 is 4.87. The molecular weight excluding hydrogens is 194 g/mol. The number of rotatable bonds is 7. The molecule has 0 aliphatic rings. The highest BCUT2D eigenvalue weighted by Gasteiger charge is 2.14. The predicted molar refractivity (Wildman–Crippen MR) is 59.6 cm³/mol. The molecule has 0 saturated heterocycles. The number of nitrogens with zero attached hydrogens (tertiary/aromatic N) is 1. The summed E-state index contributed by atoms with van der Waals surface area (Å²) in [7, 11) is 1.95. The van der Waals surface area contributed by atoms with Crippen LogP contribution in [0.15, 0.2) is 0 Å². The van der Waals surface area contributed by atoms with E-state index in [1.54, 1.807) is 13.8 Å². The van der Waals surface area contributed by atoms with E-state index in [4.69, 9.17) is 9.84 Å². The highest BCUT2D eigenvalue weighted by molar-refractivity contribution is 5.69. The summed E-state index contributed by atoms with van der Waals surface area (Å²) in [6.07, 6.45) is 0.843. The molecule has 0 heterocycles. The van der Waals surface area contributed by atoms with Gasteiger partial charge in [0.25, 0.3) is 0 Å². The highest BCUT2D eigenvalue weighted by atomic mass is 16.5. The van der Waals surface area contributed by atoms with Gasteiger partial charge in [-0.3, -0.25) is 4.79 Å². The molecule has 15 heavy (non-hydrogen) atoms. The Labute approximate surface area is 92.2 Å². The van der Waals surface area contributed by atoms with E-state index in [2.05, 4.69) is 4.90 Å². The van der Waals surface area contributed by atoms with Crippen LogP contribution in [0, 0.1) is 0 Å². The SMILES string of the molecule is CCOC(=O)CC(C)N(C)CCC(C)O. The van der Waals surface area contributed by atoms with Gasteiger partial charge >= 0.3 is 5.97 Å². The molecule has 2 atom stereocenters. The first-order valence-electron chi connectivity index (χ1n) is 5.51. The normalized spacial score (nSPS) is 15.1. The topological polar surface area (TPSA) is 49.8 Å². The molecule has 0 aromatic carbocycles. The van der Waals surface area contributed by atoms with Crippen LogP contribution in [0.5, 0.6) is 0 Å². The van der Waals surface area contributed by atoms with Crippen LogP contribution >= 0.6 is 0 Å². The molecule has 0 fully saturated rings. The summed E-state index contributed by atoms with van der Waals surface area (Å²) >= 11 is 0. The van der Waals surface area contributed by atoms with Crippen molar-refractivity contribution in [2.45, 2.75) is 45.8 Å². The van der Waals surface area contributed by atoms with E-state index in [1.165, 1.54) is 0 Å². The minimum Gasteiger partial charge on any atom is -0.466 e. The third-order valence-electron chi connectivity index (χ3n) is 2.42. The van der Waals surface area contributed by atoms with Crippen molar-refractivity contribution in [3.63, 3.8) is 0 Å². The zero-order chi connectivity index (χ0) is 11.8. The minimum atomic E-state index is -0.290. The number of hydrogen-bond acceptors (Lipinski definition) is 4. The summed E-state index contributed by atoms with van der Waals surface area (Å²) in [5, 5.41) is 9.13. The zero-order valence-electron chi connectivity index (χ0n) is 10.2. The quantitative estimate of drug-likeness (QED) is 0.647. The van der Waals surface area contributed by atoms with Crippen LogP contribution in [0.4, 0.5) is 0 Å². The van der Waals surface area contributed by atoms with Gasteiger partial charge in [0.2, 0.25) is 0 Å². The Morgan fingerprint density at radius 1 is 1.47 bits per heavy atom. The zero-order valence-corrected chi connectivity index (χ0v) is 10.2. The molecule has 4 nitrogen and oxygen atoms in total. The first-order chi connectivity index (χ1) is 6.97. The van der Waals surface area contributed by atoms with Crippen LogP contribution in [-0.2, 0) is 9.53 Å². The van der Waals surface area contributed by atoms with Gasteiger partial charge in [-0.05, 0) is 34.2 Å². The number of aliphatic hydroxyl groups excluding tert-OH is 1. The maximum atomic E-state index is 11.2. The van der Waals surface area contributed by atoms with Crippen molar-refractivity contribution < 1.29 is 14.6 Å². The molecule has 0 aliphatic carbocycles.